The van der Waals surface area contributed by atoms with Crippen LogP contribution in [-0.4, -0.2) is 17.8 Å². The van der Waals surface area contributed by atoms with Gasteiger partial charge in [0.2, 0.25) is 0 Å². The number of aliphatic hydroxyl groups excluding tert-OH is 1. The lowest BCUT2D eigenvalue weighted by molar-refractivity contribution is 0.170. The van der Waals surface area contributed by atoms with Gasteiger partial charge in [0.15, 0.2) is 0 Å². The minimum atomic E-state index is -0.216. The topological polar surface area (TPSA) is 46.2 Å². The molecule has 1 aromatic rings. The lowest BCUT2D eigenvalue weighted by Crippen LogP contribution is -2.16. The molecule has 0 aromatic heterocycles. The van der Waals surface area contributed by atoms with Crippen molar-refractivity contribution >= 4 is 0 Å². The standard InChI is InChI=1S/C18H28O.C7H15N.C2H4/c1-6-8-9-10-18-13(3)11-16(12-17(19)7-2)14(4)15(18)5;8-6-7-4-2-1-3-5-7;1-2/h6,8,11,17,19H,7,9-10,12H2,1-5H3;7H,1-6,8H2;1-2H2/b8-6-;;. The number of hydrogen-bond acceptors (Lipinski definition) is 2. The first kappa shape index (κ1) is 27.6. The van der Waals surface area contributed by atoms with Gasteiger partial charge in [-0.3, -0.25) is 0 Å². The van der Waals surface area contributed by atoms with Gasteiger partial charge >= 0.3 is 0 Å². The highest BCUT2D eigenvalue weighted by molar-refractivity contribution is 5.45. The Bertz CT molecular complexity index is 585. The highest BCUT2D eigenvalue weighted by Crippen LogP contribution is 2.25. The normalized spacial score (nSPS) is 15.3. The summed E-state index contributed by atoms with van der Waals surface area (Å²) in [6.45, 7) is 17.6. The van der Waals surface area contributed by atoms with Crippen molar-refractivity contribution in [2.75, 3.05) is 6.54 Å². The molecule has 0 aliphatic heterocycles. The number of aryl methyl sites for hydroxylation is 1. The molecule has 0 amide bonds. The summed E-state index contributed by atoms with van der Waals surface area (Å²) >= 11 is 0. The molecule has 2 rings (SSSR count). The Morgan fingerprint density at radius 3 is 2.24 bits per heavy atom. The molecule has 2 nitrogen and oxygen atoms in total. The predicted octanol–water partition coefficient (Wildman–Crippen LogP) is 6.76. The van der Waals surface area contributed by atoms with Gasteiger partial charge in [-0.1, -0.05) is 44.4 Å². The number of rotatable bonds is 7. The molecule has 0 bridgehead atoms. The van der Waals surface area contributed by atoms with Crippen LogP contribution in [0.3, 0.4) is 0 Å². The number of nitrogens with two attached hydrogens (primary N) is 1. The molecule has 1 saturated carbocycles. The fourth-order valence-corrected chi connectivity index (χ4v) is 4.03. The highest BCUT2D eigenvalue weighted by atomic mass is 16.3. The molecule has 1 aliphatic carbocycles. The molecule has 1 aliphatic rings. The Hall–Kier alpha value is -1.38. The molecule has 1 fully saturated rings. The molecule has 0 spiro atoms. The molecule has 0 heterocycles. The van der Waals surface area contributed by atoms with Crippen LogP contribution >= 0.6 is 0 Å². The molecule has 3 N–H and O–H groups in total. The van der Waals surface area contributed by atoms with Gasteiger partial charge in [-0.2, -0.15) is 0 Å². The molecule has 0 saturated heterocycles. The maximum atomic E-state index is 9.85. The minimum Gasteiger partial charge on any atom is -0.393 e. The molecular formula is C27H47NO. The summed E-state index contributed by atoms with van der Waals surface area (Å²) in [4.78, 5) is 0. The molecular weight excluding hydrogens is 354 g/mol. The van der Waals surface area contributed by atoms with Gasteiger partial charge in [0.05, 0.1) is 6.10 Å². The molecule has 2 heteroatoms. The third-order valence-electron chi connectivity index (χ3n) is 6.15. The van der Waals surface area contributed by atoms with Crippen molar-refractivity contribution in [2.24, 2.45) is 11.7 Å². The van der Waals surface area contributed by atoms with E-state index in [4.69, 9.17) is 5.73 Å². The van der Waals surface area contributed by atoms with E-state index in [-0.39, 0.29) is 6.10 Å². The number of allylic oxidation sites excluding steroid dienone is 2. The summed E-state index contributed by atoms with van der Waals surface area (Å²) in [5.74, 6) is 0.865. The van der Waals surface area contributed by atoms with Crippen LogP contribution in [0, 0.1) is 26.7 Å². The van der Waals surface area contributed by atoms with Gasteiger partial charge < -0.3 is 10.8 Å². The summed E-state index contributed by atoms with van der Waals surface area (Å²) in [5, 5.41) is 9.85. The molecule has 29 heavy (non-hydrogen) atoms. The number of benzene rings is 1. The van der Waals surface area contributed by atoms with Crippen LogP contribution in [0.2, 0.25) is 0 Å². The average molecular weight is 402 g/mol. The van der Waals surface area contributed by atoms with Crippen molar-refractivity contribution in [2.45, 2.75) is 98.5 Å². The van der Waals surface area contributed by atoms with Crippen LogP contribution in [0.25, 0.3) is 0 Å². The molecule has 1 atom stereocenters. The van der Waals surface area contributed by atoms with E-state index in [0.717, 1.165) is 38.1 Å². The van der Waals surface area contributed by atoms with E-state index < -0.39 is 0 Å². The summed E-state index contributed by atoms with van der Waals surface area (Å²) in [6, 6.07) is 2.27. The van der Waals surface area contributed by atoms with E-state index in [9.17, 15) is 5.11 Å². The van der Waals surface area contributed by atoms with Crippen LogP contribution in [0.1, 0.15) is 86.6 Å². The zero-order chi connectivity index (χ0) is 22.2. The third-order valence-corrected chi connectivity index (χ3v) is 6.15. The van der Waals surface area contributed by atoms with Crippen molar-refractivity contribution < 1.29 is 5.11 Å². The van der Waals surface area contributed by atoms with E-state index >= 15 is 0 Å². The summed E-state index contributed by atoms with van der Waals surface area (Å²) in [7, 11) is 0. The Balaban J connectivity index is 0.000000649. The fraction of sp³-hybridized carbons (Fsp3) is 0.630. The van der Waals surface area contributed by atoms with Gasteiger partial charge in [-0.25, -0.2) is 0 Å². The van der Waals surface area contributed by atoms with E-state index in [1.54, 1.807) is 0 Å². The molecule has 0 radical (unpaired) electrons. The quantitative estimate of drug-likeness (QED) is 0.496. The number of aliphatic hydroxyl groups is 1. The zero-order valence-electron chi connectivity index (χ0n) is 19.9. The highest BCUT2D eigenvalue weighted by Gasteiger charge is 2.12. The first-order chi connectivity index (χ1) is 13.9. The van der Waals surface area contributed by atoms with Crippen LogP contribution < -0.4 is 5.73 Å². The lowest BCUT2D eigenvalue weighted by Gasteiger charge is -2.18. The molecule has 166 valence electrons. The molecule has 1 unspecified atom stereocenters. The predicted molar refractivity (Wildman–Crippen MR) is 131 cm³/mol. The second kappa shape index (κ2) is 16.4. The number of hydrogen-bond donors (Lipinski definition) is 2. The van der Waals surface area contributed by atoms with E-state index in [1.165, 1.54) is 59.9 Å². The maximum Gasteiger partial charge on any atom is 0.0578 e. The maximum absolute atomic E-state index is 9.85. The zero-order valence-corrected chi connectivity index (χ0v) is 19.9. The Kier molecular flexibility index (Phi) is 15.6. The van der Waals surface area contributed by atoms with Crippen molar-refractivity contribution in [3.8, 4) is 0 Å². The van der Waals surface area contributed by atoms with Crippen LogP contribution in [0.5, 0.6) is 0 Å². The first-order valence-electron chi connectivity index (χ1n) is 11.5. The SMILES string of the molecule is C/C=C\CCc1c(C)cc(CC(O)CC)c(C)c1C.C=C.NCC1CCCCC1. The monoisotopic (exact) mass is 401 g/mol. The van der Waals surface area contributed by atoms with Gasteiger partial charge in [0, 0.05) is 0 Å². The van der Waals surface area contributed by atoms with Crippen molar-refractivity contribution in [1.29, 1.82) is 0 Å². The first-order valence-corrected chi connectivity index (χ1v) is 11.5. The van der Waals surface area contributed by atoms with Gasteiger partial charge in [-0.05, 0) is 106 Å². The van der Waals surface area contributed by atoms with Crippen molar-refractivity contribution in [3.63, 3.8) is 0 Å². The summed E-state index contributed by atoms with van der Waals surface area (Å²) < 4.78 is 0. The Morgan fingerprint density at radius 1 is 1.14 bits per heavy atom. The smallest absolute Gasteiger partial charge is 0.0578 e. The Morgan fingerprint density at radius 2 is 1.76 bits per heavy atom. The van der Waals surface area contributed by atoms with Crippen molar-refractivity contribution in [3.05, 3.63) is 59.2 Å². The summed E-state index contributed by atoms with van der Waals surface area (Å²) in [5.41, 5.74) is 12.4. The van der Waals surface area contributed by atoms with Crippen LogP contribution in [0.4, 0.5) is 0 Å². The van der Waals surface area contributed by atoms with Gasteiger partial charge in [-0.15, -0.1) is 13.2 Å². The third kappa shape index (κ3) is 10.3. The van der Waals surface area contributed by atoms with E-state index in [2.05, 4.69) is 59.1 Å². The summed E-state index contributed by atoms with van der Waals surface area (Å²) in [6.07, 6.45) is 15.0. The Labute approximate surface area is 181 Å². The minimum absolute atomic E-state index is 0.216. The largest absolute Gasteiger partial charge is 0.393 e. The van der Waals surface area contributed by atoms with Crippen molar-refractivity contribution in [1.82, 2.24) is 0 Å². The van der Waals surface area contributed by atoms with E-state index in [0.29, 0.717) is 0 Å². The van der Waals surface area contributed by atoms with Crippen LogP contribution in [0.15, 0.2) is 31.4 Å². The molecule has 1 aromatic carbocycles. The van der Waals surface area contributed by atoms with Gasteiger partial charge in [0.1, 0.15) is 0 Å². The van der Waals surface area contributed by atoms with E-state index in [1.807, 2.05) is 6.92 Å². The average Bonchev–Trinajstić information content (AvgIpc) is 2.76. The second-order valence-electron chi connectivity index (χ2n) is 8.19. The van der Waals surface area contributed by atoms with Crippen LogP contribution in [-0.2, 0) is 12.8 Å². The lowest BCUT2D eigenvalue weighted by atomic mass is 9.89. The van der Waals surface area contributed by atoms with Gasteiger partial charge in [0.25, 0.3) is 0 Å². The second-order valence-corrected chi connectivity index (χ2v) is 8.19. The fourth-order valence-electron chi connectivity index (χ4n) is 4.03.